The zero-order valence-corrected chi connectivity index (χ0v) is 10.5. The Morgan fingerprint density at radius 3 is 2.53 bits per heavy atom. The summed E-state index contributed by atoms with van der Waals surface area (Å²) in [5.74, 6) is 0.748. The van der Waals surface area contributed by atoms with E-state index in [0.29, 0.717) is 6.04 Å². The molecule has 1 aromatic carbocycles. The Hall–Kier alpha value is -1.35. The van der Waals surface area contributed by atoms with Crippen molar-refractivity contribution >= 4 is 5.91 Å². The summed E-state index contributed by atoms with van der Waals surface area (Å²) in [4.78, 5) is 11.4. The second kappa shape index (κ2) is 5.32. The molecule has 1 aliphatic rings. The predicted molar refractivity (Wildman–Crippen MR) is 69.0 cm³/mol. The molecule has 2 rings (SSSR count). The van der Waals surface area contributed by atoms with Gasteiger partial charge in [0.15, 0.2) is 0 Å². The molecule has 0 aromatic heterocycles. The summed E-state index contributed by atoms with van der Waals surface area (Å²) in [6.07, 6.45) is 2.45. The first-order valence-electron chi connectivity index (χ1n) is 6.26. The number of carbonyl (C=O) groups excluding carboxylic acids is 1. The van der Waals surface area contributed by atoms with Crippen LogP contribution in [0.3, 0.4) is 0 Å². The first-order valence-corrected chi connectivity index (χ1v) is 6.26. The van der Waals surface area contributed by atoms with Gasteiger partial charge in [-0.2, -0.15) is 0 Å². The van der Waals surface area contributed by atoms with Gasteiger partial charge in [-0.25, -0.2) is 0 Å². The van der Waals surface area contributed by atoms with Crippen molar-refractivity contribution in [3.63, 3.8) is 0 Å². The first-order chi connectivity index (χ1) is 8.20. The molecule has 1 saturated heterocycles. The smallest absolute Gasteiger partial charge is 0.251 e. The maximum absolute atomic E-state index is 11.4. The number of nitrogens with one attached hydrogen (secondary N) is 2. The standard InChI is InChI=1S/C14H20N2O/c1-10-3-8-13(16-9-10)11-4-6-12(7-5-11)14(17)15-2/h4-7,10,13,16H,3,8-9H2,1-2H3,(H,15,17)/t10-,13+/m0/s1. The van der Waals surface area contributed by atoms with Crippen LogP contribution in [0.25, 0.3) is 0 Å². The number of benzene rings is 1. The molecule has 0 unspecified atom stereocenters. The van der Waals surface area contributed by atoms with Crippen LogP contribution in [0.2, 0.25) is 0 Å². The lowest BCUT2D eigenvalue weighted by molar-refractivity contribution is 0.0963. The number of carbonyl (C=O) groups is 1. The quantitative estimate of drug-likeness (QED) is 0.820. The normalized spacial score (nSPS) is 24.4. The number of piperidine rings is 1. The molecule has 1 aliphatic heterocycles. The third kappa shape index (κ3) is 2.86. The SMILES string of the molecule is CNC(=O)c1ccc([C@H]2CC[C@H](C)CN2)cc1. The Balaban J connectivity index is 2.05. The van der Waals surface area contributed by atoms with Gasteiger partial charge >= 0.3 is 0 Å². The zero-order chi connectivity index (χ0) is 12.3. The summed E-state index contributed by atoms with van der Waals surface area (Å²) in [6.45, 7) is 3.36. The van der Waals surface area contributed by atoms with Gasteiger partial charge in [0.25, 0.3) is 5.91 Å². The van der Waals surface area contributed by atoms with Crippen LogP contribution in [-0.4, -0.2) is 19.5 Å². The van der Waals surface area contributed by atoms with Crippen molar-refractivity contribution in [3.05, 3.63) is 35.4 Å². The second-order valence-corrected chi connectivity index (χ2v) is 4.84. The van der Waals surface area contributed by atoms with E-state index < -0.39 is 0 Å². The van der Waals surface area contributed by atoms with Gasteiger partial charge in [-0.05, 0) is 43.0 Å². The zero-order valence-electron chi connectivity index (χ0n) is 10.5. The lowest BCUT2D eigenvalue weighted by atomic mass is 9.92. The van der Waals surface area contributed by atoms with Gasteiger partial charge in [0.1, 0.15) is 0 Å². The van der Waals surface area contributed by atoms with Crippen LogP contribution in [0.1, 0.15) is 41.7 Å². The van der Waals surface area contributed by atoms with E-state index in [0.717, 1.165) is 18.0 Å². The van der Waals surface area contributed by atoms with E-state index in [1.165, 1.54) is 18.4 Å². The average molecular weight is 232 g/mol. The fraction of sp³-hybridized carbons (Fsp3) is 0.500. The van der Waals surface area contributed by atoms with E-state index >= 15 is 0 Å². The largest absolute Gasteiger partial charge is 0.355 e. The van der Waals surface area contributed by atoms with Crippen molar-refractivity contribution in [1.82, 2.24) is 10.6 Å². The number of hydrogen-bond donors (Lipinski definition) is 2. The van der Waals surface area contributed by atoms with Crippen molar-refractivity contribution in [1.29, 1.82) is 0 Å². The molecule has 1 fully saturated rings. The highest BCUT2D eigenvalue weighted by Gasteiger charge is 2.18. The predicted octanol–water partition coefficient (Wildman–Crippen LogP) is 2.11. The molecule has 3 nitrogen and oxygen atoms in total. The van der Waals surface area contributed by atoms with E-state index in [-0.39, 0.29) is 5.91 Å². The number of amides is 1. The van der Waals surface area contributed by atoms with E-state index in [9.17, 15) is 4.79 Å². The second-order valence-electron chi connectivity index (χ2n) is 4.84. The van der Waals surface area contributed by atoms with Crippen LogP contribution in [0.15, 0.2) is 24.3 Å². The highest BCUT2D eigenvalue weighted by molar-refractivity contribution is 5.93. The third-order valence-electron chi connectivity index (χ3n) is 3.46. The maximum atomic E-state index is 11.4. The molecule has 92 valence electrons. The molecule has 1 aromatic rings. The van der Waals surface area contributed by atoms with Crippen molar-refractivity contribution < 1.29 is 4.79 Å². The first kappa shape index (κ1) is 12.1. The Kier molecular flexibility index (Phi) is 3.79. The Morgan fingerprint density at radius 2 is 2.00 bits per heavy atom. The van der Waals surface area contributed by atoms with Crippen molar-refractivity contribution in [2.75, 3.05) is 13.6 Å². The molecule has 1 heterocycles. The van der Waals surface area contributed by atoms with Crippen LogP contribution in [-0.2, 0) is 0 Å². The summed E-state index contributed by atoms with van der Waals surface area (Å²) in [7, 11) is 1.65. The number of rotatable bonds is 2. The fourth-order valence-electron chi connectivity index (χ4n) is 2.29. The fourth-order valence-corrected chi connectivity index (χ4v) is 2.29. The molecule has 3 heteroatoms. The maximum Gasteiger partial charge on any atom is 0.251 e. The summed E-state index contributed by atoms with van der Waals surface area (Å²) in [6, 6.07) is 8.35. The molecule has 0 radical (unpaired) electrons. The molecule has 2 atom stereocenters. The van der Waals surface area contributed by atoms with Gasteiger partial charge in [0.05, 0.1) is 0 Å². The van der Waals surface area contributed by atoms with E-state index in [1.54, 1.807) is 7.05 Å². The molecular weight excluding hydrogens is 212 g/mol. The van der Waals surface area contributed by atoms with Gasteiger partial charge in [-0.15, -0.1) is 0 Å². The van der Waals surface area contributed by atoms with Crippen LogP contribution in [0.5, 0.6) is 0 Å². The highest BCUT2D eigenvalue weighted by atomic mass is 16.1. The van der Waals surface area contributed by atoms with E-state index in [2.05, 4.69) is 29.7 Å². The minimum absolute atomic E-state index is 0.0261. The van der Waals surface area contributed by atoms with Crippen LogP contribution < -0.4 is 10.6 Å². The highest BCUT2D eigenvalue weighted by Crippen LogP contribution is 2.25. The molecule has 2 N–H and O–H groups in total. The lowest BCUT2D eigenvalue weighted by Crippen LogP contribution is -2.31. The average Bonchev–Trinajstić information content (AvgIpc) is 2.39. The molecule has 1 amide bonds. The van der Waals surface area contributed by atoms with Crippen molar-refractivity contribution in [3.8, 4) is 0 Å². The summed E-state index contributed by atoms with van der Waals surface area (Å²) in [5, 5.41) is 6.18. The minimum Gasteiger partial charge on any atom is -0.355 e. The molecule has 0 spiro atoms. The minimum atomic E-state index is -0.0261. The summed E-state index contributed by atoms with van der Waals surface area (Å²) in [5.41, 5.74) is 2.00. The van der Waals surface area contributed by atoms with Gasteiger partial charge in [0, 0.05) is 18.7 Å². The molecular formula is C14H20N2O. The van der Waals surface area contributed by atoms with Gasteiger partial charge < -0.3 is 10.6 Å². The molecule has 0 bridgehead atoms. The van der Waals surface area contributed by atoms with Gasteiger partial charge in [-0.1, -0.05) is 19.1 Å². The van der Waals surface area contributed by atoms with Crippen LogP contribution >= 0.6 is 0 Å². The molecule has 0 saturated carbocycles. The summed E-state index contributed by atoms with van der Waals surface area (Å²) < 4.78 is 0. The monoisotopic (exact) mass is 232 g/mol. The van der Waals surface area contributed by atoms with Crippen LogP contribution in [0.4, 0.5) is 0 Å². The molecule has 0 aliphatic carbocycles. The van der Waals surface area contributed by atoms with E-state index in [1.807, 2.05) is 12.1 Å². The number of hydrogen-bond acceptors (Lipinski definition) is 2. The third-order valence-corrected chi connectivity index (χ3v) is 3.46. The van der Waals surface area contributed by atoms with Crippen molar-refractivity contribution in [2.24, 2.45) is 5.92 Å². The Bertz CT molecular complexity index is 378. The van der Waals surface area contributed by atoms with Gasteiger partial charge in [0.2, 0.25) is 0 Å². The Labute approximate surface area is 103 Å². The van der Waals surface area contributed by atoms with Crippen LogP contribution in [0, 0.1) is 5.92 Å². The molecule has 17 heavy (non-hydrogen) atoms. The van der Waals surface area contributed by atoms with Crippen molar-refractivity contribution in [2.45, 2.75) is 25.8 Å². The topological polar surface area (TPSA) is 41.1 Å². The van der Waals surface area contributed by atoms with E-state index in [4.69, 9.17) is 0 Å². The van der Waals surface area contributed by atoms with Gasteiger partial charge in [-0.3, -0.25) is 4.79 Å². The Morgan fingerprint density at radius 1 is 1.29 bits per heavy atom. The lowest BCUT2D eigenvalue weighted by Gasteiger charge is -2.28. The summed E-state index contributed by atoms with van der Waals surface area (Å²) >= 11 is 0.